The number of carbonyl (C=O) groups is 1. The van der Waals surface area contributed by atoms with E-state index < -0.39 is 10.0 Å². The number of nitrogens with one attached hydrogen (secondary N) is 1. The predicted molar refractivity (Wildman–Crippen MR) is 93.5 cm³/mol. The lowest BCUT2D eigenvalue weighted by Gasteiger charge is -2.26. The average molecular weight is 365 g/mol. The van der Waals surface area contributed by atoms with Crippen LogP contribution in [-0.4, -0.2) is 36.7 Å². The van der Waals surface area contributed by atoms with Gasteiger partial charge in [-0.05, 0) is 31.0 Å². The number of thiazole rings is 1. The fourth-order valence-electron chi connectivity index (χ4n) is 2.68. The molecule has 0 spiro atoms. The zero-order valence-corrected chi connectivity index (χ0v) is 14.8. The van der Waals surface area contributed by atoms with E-state index in [1.807, 2.05) is 5.38 Å². The van der Waals surface area contributed by atoms with Crippen molar-refractivity contribution in [1.82, 2.24) is 9.29 Å². The average Bonchev–Trinajstić information content (AvgIpc) is 3.08. The largest absolute Gasteiger partial charge is 0.326 e. The Bertz CT molecular complexity index is 798. The summed E-state index contributed by atoms with van der Waals surface area (Å²) < 4.78 is 26.9. The van der Waals surface area contributed by atoms with Crippen molar-refractivity contribution in [2.24, 2.45) is 0 Å². The molecule has 1 aliphatic heterocycles. The van der Waals surface area contributed by atoms with Gasteiger partial charge in [0.05, 0.1) is 22.5 Å². The summed E-state index contributed by atoms with van der Waals surface area (Å²) in [5.74, 6) is -0.214. The highest BCUT2D eigenvalue weighted by molar-refractivity contribution is 7.89. The molecule has 0 aliphatic carbocycles. The highest BCUT2D eigenvalue weighted by atomic mass is 32.2. The number of sulfonamides is 1. The number of hydrogen-bond donors (Lipinski definition) is 1. The van der Waals surface area contributed by atoms with Crippen LogP contribution >= 0.6 is 11.3 Å². The number of hydrogen-bond acceptors (Lipinski definition) is 5. The van der Waals surface area contributed by atoms with E-state index in [2.05, 4.69) is 10.3 Å². The molecule has 0 saturated carbocycles. The van der Waals surface area contributed by atoms with Crippen LogP contribution in [0, 0.1) is 0 Å². The third-order valence-electron chi connectivity index (χ3n) is 3.90. The minimum atomic E-state index is -3.50. The minimum Gasteiger partial charge on any atom is -0.326 e. The molecule has 24 heavy (non-hydrogen) atoms. The molecule has 1 amide bonds. The second kappa shape index (κ2) is 7.42. The van der Waals surface area contributed by atoms with Gasteiger partial charge in [0.2, 0.25) is 15.9 Å². The number of piperidine rings is 1. The van der Waals surface area contributed by atoms with Gasteiger partial charge in [-0.2, -0.15) is 4.31 Å². The van der Waals surface area contributed by atoms with Crippen LogP contribution in [0.5, 0.6) is 0 Å². The van der Waals surface area contributed by atoms with Crippen molar-refractivity contribution in [3.05, 3.63) is 40.8 Å². The third-order valence-corrected chi connectivity index (χ3v) is 6.43. The molecule has 0 atom stereocenters. The molecule has 3 rings (SSSR count). The fraction of sp³-hybridized carbons (Fsp3) is 0.375. The van der Waals surface area contributed by atoms with Gasteiger partial charge in [0.25, 0.3) is 0 Å². The van der Waals surface area contributed by atoms with E-state index in [-0.39, 0.29) is 17.2 Å². The van der Waals surface area contributed by atoms with Crippen molar-refractivity contribution in [2.45, 2.75) is 30.6 Å². The summed E-state index contributed by atoms with van der Waals surface area (Å²) in [6, 6.07) is 6.42. The number of carbonyl (C=O) groups excluding carboxylic acids is 1. The summed E-state index contributed by atoms with van der Waals surface area (Å²) in [5.41, 5.74) is 2.86. The van der Waals surface area contributed by atoms with Gasteiger partial charge < -0.3 is 5.32 Å². The van der Waals surface area contributed by atoms with Crippen LogP contribution in [0.4, 0.5) is 5.69 Å². The number of anilines is 1. The predicted octanol–water partition coefficient (Wildman–Crippen LogP) is 2.50. The van der Waals surface area contributed by atoms with Gasteiger partial charge in [-0.25, -0.2) is 13.4 Å². The first-order valence-electron chi connectivity index (χ1n) is 7.83. The van der Waals surface area contributed by atoms with Crippen LogP contribution in [0.15, 0.2) is 40.1 Å². The molecular formula is C16H19N3O3S2. The highest BCUT2D eigenvalue weighted by Crippen LogP contribution is 2.23. The van der Waals surface area contributed by atoms with Gasteiger partial charge in [0, 0.05) is 24.2 Å². The maximum atomic E-state index is 12.7. The minimum absolute atomic E-state index is 0.173. The zero-order valence-electron chi connectivity index (χ0n) is 13.1. The Hall–Kier alpha value is -1.77. The third kappa shape index (κ3) is 4.00. The second-order valence-corrected chi connectivity index (χ2v) is 8.35. The summed E-state index contributed by atoms with van der Waals surface area (Å²) in [5, 5.41) is 4.55. The van der Waals surface area contributed by atoms with E-state index in [1.54, 1.807) is 23.7 Å². The topological polar surface area (TPSA) is 79.4 Å². The Labute approximate surface area is 145 Å². The first kappa shape index (κ1) is 17.1. The van der Waals surface area contributed by atoms with E-state index in [0.29, 0.717) is 24.5 Å². The Kier molecular flexibility index (Phi) is 5.27. The molecule has 6 nitrogen and oxygen atoms in total. The summed E-state index contributed by atoms with van der Waals surface area (Å²) in [4.78, 5) is 16.3. The van der Waals surface area contributed by atoms with Gasteiger partial charge >= 0.3 is 0 Å². The fourth-order valence-corrected chi connectivity index (χ4v) is 4.81. The first-order valence-corrected chi connectivity index (χ1v) is 10.2. The van der Waals surface area contributed by atoms with Gasteiger partial charge in [-0.15, -0.1) is 11.3 Å². The van der Waals surface area contributed by atoms with E-state index in [0.717, 1.165) is 19.3 Å². The molecule has 1 aliphatic rings. The summed E-state index contributed by atoms with van der Waals surface area (Å²) in [6.45, 7) is 1.12. The Morgan fingerprint density at radius 3 is 2.75 bits per heavy atom. The van der Waals surface area contributed by atoms with Crippen LogP contribution in [0.1, 0.15) is 25.0 Å². The molecule has 8 heteroatoms. The van der Waals surface area contributed by atoms with Crippen LogP contribution < -0.4 is 5.32 Å². The summed E-state index contributed by atoms with van der Waals surface area (Å²) in [6.07, 6.45) is 3.03. The second-order valence-electron chi connectivity index (χ2n) is 5.70. The summed E-state index contributed by atoms with van der Waals surface area (Å²) in [7, 11) is -3.50. The SMILES string of the molecule is O=C(Cc1cscn1)Nc1cccc(S(=O)(=O)N2CCCCC2)c1. The smallest absolute Gasteiger partial charge is 0.243 e. The van der Waals surface area contributed by atoms with Crippen molar-refractivity contribution in [2.75, 3.05) is 18.4 Å². The lowest BCUT2D eigenvalue weighted by Crippen LogP contribution is -2.35. The van der Waals surface area contributed by atoms with Crippen LogP contribution in [0.3, 0.4) is 0 Å². The maximum absolute atomic E-state index is 12.7. The van der Waals surface area contributed by atoms with Crippen molar-refractivity contribution in [1.29, 1.82) is 0 Å². The molecule has 2 aromatic rings. The van der Waals surface area contributed by atoms with E-state index in [1.165, 1.54) is 21.7 Å². The standard InChI is InChI=1S/C16H19N3O3S2/c20-16(10-14-11-23-12-17-14)18-13-5-4-6-15(9-13)24(21,22)19-7-2-1-3-8-19/h4-6,9,11-12H,1-3,7-8,10H2,(H,18,20). The van der Waals surface area contributed by atoms with E-state index in [4.69, 9.17) is 0 Å². The molecular weight excluding hydrogens is 346 g/mol. The monoisotopic (exact) mass is 365 g/mol. The summed E-state index contributed by atoms with van der Waals surface area (Å²) >= 11 is 1.43. The highest BCUT2D eigenvalue weighted by Gasteiger charge is 2.26. The maximum Gasteiger partial charge on any atom is 0.243 e. The lowest BCUT2D eigenvalue weighted by atomic mass is 10.2. The van der Waals surface area contributed by atoms with Gasteiger partial charge in [-0.3, -0.25) is 4.79 Å². The van der Waals surface area contributed by atoms with E-state index in [9.17, 15) is 13.2 Å². The van der Waals surface area contributed by atoms with Crippen LogP contribution in [0.25, 0.3) is 0 Å². The van der Waals surface area contributed by atoms with Gasteiger partial charge in [0.15, 0.2) is 0 Å². The van der Waals surface area contributed by atoms with Crippen LogP contribution in [-0.2, 0) is 21.2 Å². The molecule has 128 valence electrons. The quantitative estimate of drug-likeness (QED) is 0.883. The van der Waals surface area contributed by atoms with Gasteiger partial charge in [-0.1, -0.05) is 12.5 Å². The van der Waals surface area contributed by atoms with Crippen molar-refractivity contribution >= 4 is 33.0 Å². The molecule has 2 heterocycles. The van der Waals surface area contributed by atoms with Crippen molar-refractivity contribution in [3.63, 3.8) is 0 Å². The Morgan fingerprint density at radius 2 is 2.04 bits per heavy atom. The molecule has 0 unspecified atom stereocenters. The number of rotatable bonds is 5. The Morgan fingerprint density at radius 1 is 1.25 bits per heavy atom. The van der Waals surface area contributed by atoms with Crippen LogP contribution in [0.2, 0.25) is 0 Å². The number of benzene rings is 1. The number of nitrogens with zero attached hydrogens (tertiary/aromatic N) is 2. The lowest BCUT2D eigenvalue weighted by molar-refractivity contribution is -0.115. The molecule has 1 saturated heterocycles. The molecule has 1 aromatic carbocycles. The molecule has 1 aromatic heterocycles. The van der Waals surface area contributed by atoms with E-state index >= 15 is 0 Å². The molecule has 0 radical (unpaired) electrons. The van der Waals surface area contributed by atoms with Crippen molar-refractivity contribution in [3.8, 4) is 0 Å². The Balaban J connectivity index is 1.72. The zero-order chi connectivity index (χ0) is 17.0. The first-order chi connectivity index (χ1) is 11.6. The van der Waals surface area contributed by atoms with Gasteiger partial charge in [0.1, 0.15) is 0 Å². The molecule has 1 fully saturated rings. The molecule has 1 N–H and O–H groups in total. The molecule has 0 bridgehead atoms. The number of amides is 1. The van der Waals surface area contributed by atoms with Crippen molar-refractivity contribution < 1.29 is 13.2 Å². The normalized spacial score (nSPS) is 16.0. The number of aromatic nitrogens is 1.